The summed E-state index contributed by atoms with van der Waals surface area (Å²) in [6.45, 7) is 3.87. The molecule has 0 amide bonds. The predicted octanol–water partition coefficient (Wildman–Crippen LogP) is 3.54. The van der Waals surface area contributed by atoms with E-state index in [-0.39, 0.29) is 0 Å². The van der Waals surface area contributed by atoms with Crippen LogP contribution in [0, 0.1) is 0 Å². The summed E-state index contributed by atoms with van der Waals surface area (Å²) in [5.41, 5.74) is 4.25. The van der Waals surface area contributed by atoms with Gasteiger partial charge in [0.05, 0.1) is 0 Å². The van der Waals surface area contributed by atoms with Gasteiger partial charge in [-0.2, -0.15) is 0 Å². The number of hydrogen-bond donors (Lipinski definition) is 0. The standard InChI is InChI=1S/C11H11Br/c1-8(12)10-6-5-9-3-2-4-11(9)7-10/h5-7H,1-4H2. The first-order valence-electron chi connectivity index (χ1n) is 4.24. The second-order valence-electron chi connectivity index (χ2n) is 3.24. The highest BCUT2D eigenvalue weighted by atomic mass is 79.9. The Morgan fingerprint density at radius 1 is 1.25 bits per heavy atom. The Morgan fingerprint density at radius 3 is 2.75 bits per heavy atom. The minimum atomic E-state index is 0.984. The summed E-state index contributed by atoms with van der Waals surface area (Å²) < 4.78 is 0.984. The fourth-order valence-electron chi connectivity index (χ4n) is 1.74. The van der Waals surface area contributed by atoms with E-state index in [2.05, 4.69) is 40.7 Å². The molecule has 0 fully saturated rings. The zero-order valence-corrected chi connectivity index (χ0v) is 8.52. The van der Waals surface area contributed by atoms with Crippen molar-refractivity contribution in [2.75, 3.05) is 0 Å². The van der Waals surface area contributed by atoms with Crippen LogP contribution >= 0.6 is 15.9 Å². The Hall–Kier alpha value is -0.560. The Bertz CT molecular complexity index is 326. The molecule has 12 heavy (non-hydrogen) atoms. The highest BCUT2D eigenvalue weighted by Gasteiger charge is 2.10. The maximum Gasteiger partial charge on any atom is 0.0175 e. The van der Waals surface area contributed by atoms with Gasteiger partial charge in [-0.05, 0) is 36.0 Å². The van der Waals surface area contributed by atoms with E-state index in [0.29, 0.717) is 0 Å². The van der Waals surface area contributed by atoms with Crippen LogP contribution in [0.5, 0.6) is 0 Å². The Morgan fingerprint density at radius 2 is 2.00 bits per heavy atom. The van der Waals surface area contributed by atoms with Crippen LogP contribution in [-0.4, -0.2) is 0 Å². The monoisotopic (exact) mass is 222 g/mol. The van der Waals surface area contributed by atoms with E-state index in [1.807, 2.05) is 0 Å². The normalized spacial score (nSPS) is 14.4. The molecule has 0 spiro atoms. The Kier molecular flexibility index (Phi) is 2.05. The van der Waals surface area contributed by atoms with Crippen LogP contribution in [0.1, 0.15) is 23.1 Å². The van der Waals surface area contributed by atoms with Gasteiger partial charge in [0.1, 0.15) is 0 Å². The summed E-state index contributed by atoms with van der Waals surface area (Å²) in [4.78, 5) is 0. The number of aryl methyl sites for hydroxylation is 2. The molecular weight excluding hydrogens is 212 g/mol. The third-order valence-electron chi connectivity index (χ3n) is 2.41. The summed E-state index contributed by atoms with van der Waals surface area (Å²) in [6, 6.07) is 6.62. The average Bonchev–Trinajstić information content (AvgIpc) is 2.49. The largest absolute Gasteiger partial charge is 0.0841 e. The third kappa shape index (κ3) is 1.34. The molecule has 0 N–H and O–H groups in total. The lowest BCUT2D eigenvalue weighted by Gasteiger charge is -2.02. The van der Waals surface area contributed by atoms with Gasteiger partial charge < -0.3 is 0 Å². The number of halogens is 1. The first kappa shape index (κ1) is 8.06. The van der Waals surface area contributed by atoms with Crippen LogP contribution in [-0.2, 0) is 12.8 Å². The van der Waals surface area contributed by atoms with E-state index in [4.69, 9.17) is 0 Å². The lowest BCUT2D eigenvalue weighted by atomic mass is 10.1. The van der Waals surface area contributed by atoms with Crippen molar-refractivity contribution < 1.29 is 0 Å². The smallest absolute Gasteiger partial charge is 0.0175 e. The summed E-state index contributed by atoms with van der Waals surface area (Å²) in [6.07, 6.45) is 3.81. The van der Waals surface area contributed by atoms with Gasteiger partial charge >= 0.3 is 0 Å². The molecule has 1 aliphatic rings. The maximum atomic E-state index is 3.87. The number of benzene rings is 1. The Labute approximate surface area is 81.4 Å². The fourth-order valence-corrected chi connectivity index (χ4v) is 1.99. The van der Waals surface area contributed by atoms with Crippen molar-refractivity contribution in [3.8, 4) is 0 Å². The molecule has 0 saturated carbocycles. The van der Waals surface area contributed by atoms with Crippen molar-refractivity contribution in [3.63, 3.8) is 0 Å². The van der Waals surface area contributed by atoms with Crippen molar-refractivity contribution in [1.82, 2.24) is 0 Å². The van der Waals surface area contributed by atoms with Gasteiger partial charge in [0.2, 0.25) is 0 Å². The average molecular weight is 223 g/mol. The minimum Gasteiger partial charge on any atom is -0.0841 e. The Balaban J connectivity index is 2.45. The minimum absolute atomic E-state index is 0.984. The molecule has 1 aromatic carbocycles. The maximum absolute atomic E-state index is 3.87. The van der Waals surface area contributed by atoms with E-state index in [0.717, 1.165) is 4.48 Å². The lowest BCUT2D eigenvalue weighted by Crippen LogP contribution is -1.83. The van der Waals surface area contributed by atoms with E-state index in [1.54, 1.807) is 0 Å². The molecule has 0 unspecified atom stereocenters. The third-order valence-corrected chi connectivity index (χ3v) is 2.87. The van der Waals surface area contributed by atoms with E-state index in [1.165, 1.54) is 36.0 Å². The molecule has 0 radical (unpaired) electrons. The number of rotatable bonds is 1. The van der Waals surface area contributed by atoms with Crippen LogP contribution in [0.15, 0.2) is 24.8 Å². The SMILES string of the molecule is C=C(Br)c1ccc2c(c1)CCC2. The van der Waals surface area contributed by atoms with Crippen LogP contribution in [0.4, 0.5) is 0 Å². The van der Waals surface area contributed by atoms with Gasteiger partial charge in [0.15, 0.2) is 0 Å². The summed E-state index contributed by atoms with van der Waals surface area (Å²) in [5.74, 6) is 0. The van der Waals surface area contributed by atoms with Gasteiger partial charge in [-0.1, -0.05) is 40.7 Å². The molecule has 2 rings (SSSR count). The zero-order valence-electron chi connectivity index (χ0n) is 6.94. The molecule has 1 heteroatoms. The van der Waals surface area contributed by atoms with Crippen LogP contribution in [0.3, 0.4) is 0 Å². The molecule has 0 bridgehead atoms. The van der Waals surface area contributed by atoms with Crippen molar-refractivity contribution in [1.29, 1.82) is 0 Å². The molecule has 0 atom stereocenters. The predicted molar refractivity (Wildman–Crippen MR) is 56.4 cm³/mol. The zero-order chi connectivity index (χ0) is 8.55. The first-order chi connectivity index (χ1) is 5.77. The fraction of sp³-hybridized carbons (Fsp3) is 0.273. The number of hydrogen-bond acceptors (Lipinski definition) is 0. The van der Waals surface area contributed by atoms with Crippen LogP contribution in [0.25, 0.3) is 4.48 Å². The van der Waals surface area contributed by atoms with Crippen molar-refractivity contribution in [2.45, 2.75) is 19.3 Å². The molecule has 0 nitrogen and oxygen atoms in total. The topological polar surface area (TPSA) is 0 Å². The second kappa shape index (κ2) is 3.06. The molecule has 0 heterocycles. The van der Waals surface area contributed by atoms with Crippen LogP contribution in [0.2, 0.25) is 0 Å². The van der Waals surface area contributed by atoms with Gasteiger partial charge in [0.25, 0.3) is 0 Å². The van der Waals surface area contributed by atoms with E-state index >= 15 is 0 Å². The molecule has 1 aliphatic carbocycles. The highest BCUT2D eigenvalue weighted by Crippen LogP contribution is 2.27. The van der Waals surface area contributed by atoms with Crippen molar-refractivity contribution >= 4 is 20.4 Å². The highest BCUT2D eigenvalue weighted by molar-refractivity contribution is 9.15. The summed E-state index contributed by atoms with van der Waals surface area (Å²) in [7, 11) is 0. The van der Waals surface area contributed by atoms with E-state index in [9.17, 15) is 0 Å². The quantitative estimate of drug-likeness (QED) is 0.683. The molecule has 0 saturated heterocycles. The molecule has 0 aliphatic heterocycles. The van der Waals surface area contributed by atoms with E-state index < -0.39 is 0 Å². The number of fused-ring (bicyclic) bond motifs is 1. The molecule has 1 aromatic rings. The van der Waals surface area contributed by atoms with Gasteiger partial charge in [-0.25, -0.2) is 0 Å². The molecular formula is C11H11Br. The lowest BCUT2D eigenvalue weighted by molar-refractivity contribution is 0.912. The molecule has 0 aromatic heterocycles. The second-order valence-corrected chi connectivity index (χ2v) is 4.20. The summed E-state index contributed by atoms with van der Waals surface area (Å²) >= 11 is 3.40. The van der Waals surface area contributed by atoms with Crippen LogP contribution < -0.4 is 0 Å². The summed E-state index contributed by atoms with van der Waals surface area (Å²) in [5, 5.41) is 0. The van der Waals surface area contributed by atoms with Gasteiger partial charge in [0, 0.05) is 4.48 Å². The van der Waals surface area contributed by atoms with Crippen molar-refractivity contribution in [2.24, 2.45) is 0 Å². The first-order valence-corrected chi connectivity index (χ1v) is 5.03. The van der Waals surface area contributed by atoms with Crippen molar-refractivity contribution in [3.05, 3.63) is 41.5 Å². The molecule has 62 valence electrons. The van der Waals surface area contributed by atoms with Gasteiger partial charge in [-0.15, -0.1) is 0 Å². The van der Waals surface area contributed by atoms with Gasteiger partial charge in [-0.3, -0.25) is 0 Å².